The van der Waals surface area contributed by atoms with Crippen LogP contribution in [0, 0.1) is 17.3 Å². The highest BCUT2D eigenvalue weighted by Gasteiger charge is 2.22. The van der Waals surface area contributed by atoms with Gasteiger partial charge in [0, 0.05) is 48.5 Å². The van der Waals surface area contributed by atoms with Gasteiger partial charge in [0.05, 0.1) is 17.2 Å². The minimum Gasteiger partial charge on any atom is -0.378 e. The van der Waals surface area contributed by atoms with Crippen molar-refractivity contribution in [2.75, 3.05) is 11.9 Å². The lowest BCUT2D eigenvalue weighted by Gasteiger charge is -2.28. The molecule has 1 N–H and O–H groups in total. The first-order chi connectivity index (χ1) is 16.6. The van der Waals surface area contributed by atoms with Crippen molar-refractivity contribution in [3.8, 4) is 17.2 Å². The number of nitrogens with one attached hydrogen (secondary N) is 1. The normalized spacial score (nSPS) is 15.2. The molecule has 6 nitrogen and oxygen atoms in total. The SMILES string of the molecule is N#Cc1cccc(-c2cc(NC3C=CN(C(=O)c4cccnc4F)CC3)c3cnccc3c2)c1. The summed E-state index contributed by atoms with van der Waals surface area (Å²) >= 11 is 0. The summed E-state index contributed by atoms with van der Waals surface area (Å²) in [5.74, 6) is -1.17. The maximum absolute atomic E-state index is 13.9. The molecule has 4 aromatic rings. The number of anilines is 1. The molecule has 0 saturated carbocycles. The molecule has 0 saturated heterocycles. The number of carbonyl (C=O) groups excluding carboxylic acids is 1. The molecule has 0 bridgehead atoms. The van der Waals surface area contributed by atoms with Gasteiger partial charge in [-0.05, 0) is 71.5 Å². The Kier molecular flexibility index (Phi) is 5.71. The molecule has 7 heteroatoms. The van der Waals surface area contributed by atoms with Gasteiger partial charge in [-0.15, -0.1) is 0 Å². The van der Waals surface area contributed by atoms with Crippen LogP contribution in [0.4, 0.5) is 10.1 Å². The van der Waals surface area contributed by atoms with Crippen molar-refractivity contribution < 1.29 is 9.18 Å². The molecule has 2 aromatic carbocycles. The van der Waals surface area contributed by atoms with Crippen molar-refractivity contribution in [1.82, 2.24) is 14.9 Å². The number of halogens is 1. The van der Waals surface area contributed by atoms with Crippen LogP contribution in [0.25, 0.3) is 21.9 Å². The summed E-state index contributed by atoms with van der Waals surface area (Å²) in [6.07, 6.45) is 9.14. The lowest BCUT2D eigenvalue weighted by Crippen LogP contribution is -2.35. The lowest BCUT2D eigenvalue weighted by molar-refractivity contribution is 0.0808. The molecule has 2 aromatic heterocycles. The fourth-order valence-corrected chi connectivity index (χ4v) is 4.10. The third-order valence-corrected chi connectivity index (χ3v) is 5.85. The average molecular weight is 449 g/mol. The molecule has 1 unspecified atom stereocenters. The van der Waals surface area contributed by atoms with Gasteiger partial charge >= 0.3 is 0 Å². The number of benzene rings is 2. The van der Waals surface area contributed by atoms with Gasteiger partial charge in [0.2, 0.25) is 5.95 Å². The van der Waals surface area contributed by atoms with E-state index in [2.05, 4.69) is 33.5 Å². The molecular weight excluding hydrogens is 429 g/mol. The fourth-order valence-electron chi connectivity index (χ4n) is 4.10. The number of nitriles is 1. The van der Waals surface area contributed by atoms with Crippen LogP contribution in [0.3, 0.4) is 0 Å². The predicted molar refractivity (Wildman–Crippen MR) is 128 cm³/mol. The van der Waals surface area contributed by atoms with Gasteiger partial charge in [-0.3, -0.25) is 9.78 Å². The largest absolute Gasteiger partial charge is 0.378 e. The Balaban J connectivity index is 1.42. The topological polar surface area (TPSA) is 81.9 Å². The van der Waals surface area contributed by atoms with Crippen molar-refractivity contribution in [3.05, 3.63) is 103 Å². The molecule has 1 amide bonds. The van der Waals surface area contributed by atoms with Crippen molar-refractivity contribution in [2.24, 2.45) is 0 Å². The third-order valence-electron chi connectivity index (χ3n) is 5.85. The van der Waals surface area contributed by atoms with Crippen LogP contribution in [-0.4, -0.2) is 33.4 Å². The molecule has 3 heterocycles. The third kappa shape index (κ3) is 4.21. The van der Waals surface area contributed by atoms with Gasteiger partial charge < -0.3 is 10.2 Å². The van der Waals surface area contributed by atoms with E-state index in [1.807, 2.05) is 36.5 Å². The Morgan fingerprint density at radius 3 is 2.82 bits per heavy atom. The van der Waals surface area contributed by atoms with E-state index in [1.54, 1.807) is 24.5 Å². The van der Waals surface area contributed by atoms with Gasteiger partial charge in [-0.1, -0.05) is 12.1 Å². The number of carbonyl (C=O) groups is 1. The second kappa shape index (κ2) is 9.12. The van der Waals surface area contributed by atoms with E-state index in [1.165, 1.54) is 17.2 Å². The Labute approximate surface area is 196 Å². The Morgan fingerprint density at radius 2 is 2.03 bits per heavy atom. The van der Waals surface area contributed by atoms with E-state index in [4.69, 9.17) is 0 Å². The number of fused-ring (bicyclic) bond motifs is 1. The number of rotatable bonds is 4. The number of aromatic nitrogens is 2. The summed E-state index contributed by atoms with van der Waals surface area (Å²) in [5.41, 5.74) is 3.42. The highest BCUT2D eigenvalue weighted by Crippen LogP contribution is 2.32. The van der Waals surface area contributed by atoms with Crippen LogP contribution in [0.1, 0.15) is 22.3 Å². The number of hydrogen-bond acceptors (Lipinski definition) is 5. The zero-order valence-electron chi connectivity index (χ0n) is 18.1. The Bertz CT molecular complexity index is 1460. The molecule has 0 fully saturated rings. The Morgan fingerprint density at radius 1 is 1.12 bits per heavy atom. The lowest BCUT2D eigenvalue weighted by atomic mass is 9.98. The molecule has 166 valence electrons. The molecule has 5 rings (SSSR count). The first-order valence-electron chi connectivity index (χ1n) is 10.9. The van der Waals surface area contributed by atoms with Crippen LogP contribution in [0.2, 0.25) is 0 Å². The molecule has 1 aliphatic heterocycles. The highest BCUT2D eigenvalue weighted by atomic mass is 19.1. The zero-order valence-corrected chi connectivity index (χ0v) is 18.1. The molecule has 0 radical (unpaired) electrons. The van der Waals surface area contributed by atoms with Crippen LogP contribution in [0.5, 0.6) is 0 Å². The smallest absolute Gasteiger partial charge is 0.262 e. The second-order valence-electron chi connectivity index (χ2n) is 8.03. The molecule has 1 atom stereocenters. The average Bonchev–Trinajstić information content (AvgIpc) is 2.89. The zero-order chi connectivity index (χ0) is 23.5. The second-order valence-corrected chi connectivity index (χ2v) is 8.03. The van der Waals surface area contributed by atoms with Crippen LogP contribution in [-0.2, 0) is 0 Å². The van der Waals surface area contributed by atoms with Crippen molar-refractivity contribution in [3.63, 3.8) is 0 Å². The highest BCUT2D eigenvalue weighted by molar-refractivity contribution is 5.97. The molecule has 34 heavy (non-hydrogen) atoms. The summed E-state index contributed by atoms with van der Waals surface area (Å²) in [4.78, 5) is 22.0. The predicted octanol–water partition coefficient (Wildman–Crippen LogP) is 5.15. The summed E-state index contributed by atoms with van der Waals surface area (Å²) in [6, 6.07) is 18.8. The van der Waals surface area contributed by atoms with Gasteiger partial charge in [-0.25, -0.2) is 4.98 Å². The van der Waals surface area contributed by atoms with Gasteiger partial charge in [0.25, 0.3) is 5.91 Å². The fraction of sp³-hybridized carbons (Fsp3) is 0.111. The molecule has 1 aliphatic rings. The van der Waals surface area contributed by atoms with Crippen molar-refractivity contribution in [1.29, 1.82) is 5.26 Å². The summed E-state index contributed by atoms with van der Waals surface area (Å²) in [7, 11) is 0. The number of nitrogens with zero attached hydrogens (tertiary/aromatic N) is 4. The number of amides is 1. The maximum atomic E-state index is 13.9. The molecule has 0 spiro atoms. The van der Waals surface area contributed by atoms with Gasteiger partial charge in [0.15, 0.2) is 0 Å². The van der Waals surface area contributed by atoms with Gasteiger partial charge in [0.1, 0.15) is 0 Å². The first-order valence-corrected chi connectivity index (χ1v) is 10.9. The van der Waals surface area contributed by atoms with E-state index in [9.17, 15) is 14.4 Å². The maximum Gasteiger partial charge on any atom is 0.262 e. The van der Waals surface area contributed by atoms with Crippen LogP contribution in [0.15, 0.2) is 85.5 Å². The molecular formula is C27H20FN5O. The van der Waals surface area contributed by atoms with Crippen molar-refractivity contribution in [2.45, 2.75) is 12.5 Å². The molecule has 0 aliphatic carbocycles. The summed E-state index contributed by atoms with van der Waals surface area (Å²) in [5, 5.41) is 14.8. The summed E-state index contributed by atoms with van der Waals surface area (Å²) in [6.45, 7) is 0.446. The van der Waals surface area contributed by atoms with Crippen LogP contribution < -0.4 is 5.32 Å². The van der Waals surface area contributed by atoms with Gasteiger partial charge in [-0.2, -0.15) is 9.65 Å². The number of hydrogen-bond donors (Lipinski definition) is 1. The van der Waals surface area contributed by atoms with Crippen molar-refractivity contribution >= 4 is 22.4 Å². The van der Waals surface area contributed by atoms with E-state index in [0.29, 0.717) is 18.5 Å². The first kappa shape index (κ1) is 21.3. The monoisotopic (exact) mass is 449 g/mol. The van der Waals surface area contributed by atoms with E-state index >= 15 is 0 Å². The summed E-state index contributed by atoms with van der Waals surface area (Å²) < 4.78 is 13.9. The minimum atomic E-state index is -0.766. The number of pyridine rings is 2. The van der Waals surface area contributed by atoms with Crippen LogP contribution >= 0.6 is 0 Å². The standard InChI is InChI=1S/C27H20FN5O/c28-26-23(5-2-9-31-26)27(34)33-11-7-22(8-12-33)32-25-15-21(14-20-6-10-30-17-24(20)25)19-4-1-3-18(13-19)16-29/h1-7,9-11,13-15,17,22,32H,8,12H2. The van der Waals surface area contributed by atoms with E-state index in [0.717, 1.165) is 27.6 Å². The minimum absolute atomic E-state index is 0.0214. The van der Waals surface area contributed by atoms with E-state index < -0.39 is 11.9 Å². The van der Waals surface area contributed by atoms with E-state index in [-0.39, 0.29) is 11.6 Å². The quantitative estimate of drug-likeness (QED) is 0.436. The Hall–Kier alpha value is -4.57.